The van der Waals surface area contributed by atoms with E-state index in [0.29, 0.717) is 32.3 Å². The Hall–Kier alpha value is -0.160. The average molecular weight is 591 g/mol. The molecule has 4 heteroatoms. The van der Waals surface area contributed by atoms with Crippen molar-refractivity contribution in [3.05, 3.63) is 0 Å². The molecule has 0 amide bonds. The normalized spacial score (nSPS) is 47.8. The maximum Gasteiger partial charge on any atom is 0.0484 e. The van der Waals surface area contributed by atoms with Crippen LogP contribution >= 0.6 is 0 Å². The Morgan fingerprint density at radius 2 is 0.976 bits per heavy atom. The quantitative estimate of drug-likeness (QED) is 0.251. The van der Waals surface area contributed by atoms with Gasteiger partial charge in [-0.2, -0.15) is 0 Å². The molecule has 0 saturated heterocycles. The average Bonchev–Trinajstić information content (AvgIpc) is 3.73. The van der Waals surface area contributed by atoms with Crippen molar-refractivity contribution < 1.29 is 20.4 Å². The molecule has 6 saturated carbocycles. The van der Waals surface area contributed by atoms with E-state index in [2.05, 4.69) is 34.6 Å². The van der Waals surface area contributed by atoms with Crippen molar-refractivity contribution in [2.45, 2.75) is 144 Å². The molecule has 0 aromatic rings. The molecule has 0 aromatic heterocycles. The SMILES string of the molecule is CC1(CO)CCC2CC(CO)CC2C1.CCC1CCC2CC(C)(CO)CCC12.CCC1CCC2CCC(C)(CO)CC12. The van der Waals surface area contributed by atoms with Crippen LogP contribution in [0.1, 0.15) is 144 Å². The van der Waals surface area contributed by atoms with Gasteiger partial charge < -0.3 is 20.4 Å². The molecule has 4 nitrogen and oxygen atoms in total. The lowest BCUT2D eigenvalue weighted by Gasteiger charge is -2.40. The number of fused-ring (bicyclic) bond motifs is 3. The third-order valence-electron chi connectivity index (χ3n) is 14.2. The van der Waals surface area contributed by atoms with Crippen LogP contribution in [0.5, 0.6) is 0 Å². The second-order valence-electron chi connectivity index (χ2n) is 17.5. The van der Waals surface area contributed by atoms with E-state index in [-0.39, 0.29) is 16.2 Å². The van der Waals surface area contributed by atoms with E-state index in [1.165, 1.54) is 109 Å². The minimum Gasteiger partial charge on any atom is -0.396 e. The topological polar surface area (TPSA) is 80.9 Å². The fourth-order valence-corrected chi connectivity index (χ4v) is 11.2. The van der Waals surface area contributed by atoms with Crippen molar-refractivity contribution >= 4 is 0 Å². The molecule has 6 rings (SSSR count). The lowest BCUT2D eigenvalue weighted by Crippen LogP contribution is -2.34. The molecule has 0 heterocycles. The first-order valence-electron chi connectivity index (χ1n) is 18.5. The van der Waals surface area contributed by atoms with Crippen LogP contribution in [-0.4, -0.2) is 46.9 Å². The summed E-state index contributed by atoms with van der Waals surface area (Å²) in [4.78, 5) is 0. The molecule has 0 aliphatic heterocycles. The fourth-order valence-electron chi connectivity index (χ4n) is 11.2. The van der Waals surface area contributed by atoms with Gasteiger partial charge in [-0.25, -0.2) is 0 Å². The molecular weight excluding hydrogens is 520 g/mol. The summed E-state index contributed by atoms with van der Waals surface area (Å²) in [5.41, 5.74) is 0.675. The van der Waals surface area contributed by atoms with Crippen LogP contribution in [0.15, 0.2) is 0 Å². The third kappa shape index (κ3) is 8.16. The molecule has 6 aliphatic rings. The second-order valence-corrected chi connectivity index (χ2v) is 17.5. The van der Waals surface area contributed by atoms with Crippen molar-refractivity contribution in [3.63, 3.8) is 0 Å². The third-order valence-corrected chi connectivity index (χ3v) is 14.2. The molecule has 0 spiro atoms. The molecule has 6 fully saturated rings. The van der Waals surface area contributed by atoms with Crippen LogP contribution in [0.3, 0.4) is 0 Å². The number of aliphatic hydroxyl groups excluding tert-OH is 4. The van der Waals surface area contributed by atoms with Crippen LogP contribution in [0.25, 0.3) is 0 Å². The van der Waals surface area contributed by atoms with Gasteiger partial charge in [-0.05, 0) is 166 Å². The zero-order valence-corrected chi connectivity index (χ0v) is 28.3. The maximum atomic E-state index is 9.43. The summed E-state index contributed by atoms with van der Waals surface area (Å²) in [6.45, 7) is 12.9. The Balaban J connectivity index is 0.000000145. The summed E-state index contributed by atoms with van der Waals surface area (Å²) in [5, 5.41) is 37.3. The Kier molecular flexibility index (Phi) is 12.4. The minimum absolute atomic E-state index is 0.172. The zero-order chi connectivity index (χ0) is 30.5. The smallest absolute Gasteiger partial charge is 0.0484 e. The first-order valence-corrected chi connectivity index (χ1v) is 18.5. The first kappa shape index (κ1) is 34.7. The molecule has 42 heavy (non-hydrogen) atoms. The van der Waals surface area contributed by atoms with Gasteiger partial charge in [0.1, 0.15) is 0 Å². The number of aliphatic hydroxyl groups is 4. The van der Waals surface area contributed by atoms with Gasteiger partial charge in [0.05, 0.1) is 0 Å². The van der Waals surface area contributed by atoms with Crippen molar-refractivity contribution in [2.75, 3.05) is 26.4 Å². The summed E-state index contributed by atoms with van der Waals surface area (Å²) >= 11 is 0. The van der Waals surface area contributed by atoms with Gasteiger partial charge in [0.2, 0.25) is 0 Å². The van der Waals surface area contributed by atoms with E-state index in [0.717, 1.165) is 47.3 Å². The maximum absolute atomic E-state index is 9.43. The molecule has 4 N–H and O–H groups in total. The summed E-state index contributed by atoms with van der Waals surface area (Å²) < 4.78 is 0. The van der Waals surface area contributed by atoms with Crippen molar-refractivity contribution in [3.8, 4) is 0 Å². The highest BCUT2D eigenvalue weighted by Crippen LogP contribution is 2.54. The van der Waals surface area contributed by atoms with Gasteiger partial charge in [-0.3, -0.25) is 0 Å². The van der Waals surface area contributed by atoms with E-state index >= 15 is 0 Å². The number of rotatable bonds is 6. The van der Waals surface area contributed by atoms with Gasteiger partial charge in [-0.15, -0.1) is 0 Å². The van der Waals surface area contributed by atoms with Crippen LogP contribution in [0, 0.1) is 69.5 Å². The van der Waals surface area contributed by atoms with E-state index in [1.807, 2.05) is 0 Å². The largest absolute Gasteiger partial charge is 0.396 e. The highest BCUT2D eigenvalue weighted by atomic mass is 16.3. The molecule has 0 bridgehead atoms. The number of hydrogen-bond acceptors (Lipinski definition) is 4. The van der Waals surface area contributed by atoms with Gasteiger partial charge >= 0.3 is 0 Å². The standard InChI is InChI=1S/2C13H24O.C12H22O2/c1-3-10-4-5-11-8-13(2,9-14)7-6-12(10)11;1-3-10-4-5-11-6-7-13(2,9-14)8-12(10)11;1-12(8-14)3-2-10-4-9(7-13)5-11(10)6-12/h2*10-12,14H,3-9H2,1-2H3;9-11,13-14H,2-8H2,1H3. The highest BCUT2D eigenvalue weighted by molar-refractivity contribution is 4.95. The lowest BCUT2D eigenvalue weighted by atomic mass is 9.65. The monoisotopic (exact) mass is 591 g/mol. The lowest BCUT2D eigenvalue weighted by molar-refractivity contribution is 0.0411. The van der Waals surface area contributed by atoms with Crippen LogP contribution < -0.4 is 0 Å². The first-order chi connectivity index (χ1) is 20.0. The summed E-state index contributed by atoms with van der Waals surface area (Å²) in [5.74, 6) is 8.00. The fraction of sp³-hybridized carbons (Fsp3) is 1.00. The molecule has 0 aromatic carbocycles. The summed E-state index contributed by atoms with van der Waals surface area (Å²) in [7, 11) is 0. The van der Waals surface area contributed by atoms with Crippen molar-refractivity contribution in [1.29, 1.82) is 0 Å². The van der Waals surface area contributed by atoms with E-state index in [9.17, 15) is 15.3 Å². The summed E-state index contributed by atoms with van der Waals surface area (Å²) in [6, 6.07) is 0. The van der Waals surface area contributed by atoms with Gasteiger partial charge in [0, 0.05) is 26.4 Å². The molecule has 12 atom stereocenters. The molecular formula is C38H70O4. The Morgan fingerprint density at radius 1 is 0.500 bits per heavy atom. The van der Waals surface area contributed by atoms with Crippen molar-refractivity contribution in [1.82, 2.24) is 0 Å². The number of hydrogen-bond donors (Lipinski definition) is 4. The zero-order valence-electron chi connectivity index (χ0n) is 28.3. The molecule has 6 aliphatic carbocycles. The second kappa shape index (κ2) is 15.0. The van der Waals surface area contributed by atoms with Crippen molar-refractivity contribution in [2.24, 2.45) is 69.5 Å². The Morgan fingerprint density at radius 3 is 1.55 bits per heavy atom. The van der Waals surface area contributed by atoms with Gasteiger partial charge in [-0.1, -0.05) is 47.5 Å². The summed E-state index contributed by atoms with van der Waals surface area (Å²) in [6.07, 6.45) is 22.4. The highest BCUT2D eigenvalue weighted by Gasteiger charge is 2.45. The van der Waals surface area contributed by atoms with E-state index in [1.54, 1.807) is 0 Å². The van der Waals surface area contributed by atoms with Gasteiger partial charge in [0.15, 0.2) is 0 Å². The molecule has 12 unspecified atom stereocenters. The van der Waals surface area contributed by atoms with Gasteiger partial charge in [0.25, 0.3) is 0 Å². The predicted octanol–water partition coefficient (Wildman–Crippen LogP) is 8.25. The van der Waals surface area contributed by atoms with Crippen LogP contribution in [0.4, 0.5) is 0 Å². The molecule has 0 radical (unpaired) electrons. The van der Waals surface area contributed by atoms with Crippen LogP contribution in [0.2, 0.25) is 0 Å². The van der Waals surface area contributed by atoms with Crippen LogP contribution in [-0.2, 0) is 0 Å². The minimum atomic E-state index is 0.172. The van der Waals surface area contributed by atoms with E-state index in [4.69, 9.17) is 5.11 Å². The Labute approximate surface area is 259 Å². The Bertz CT molecular complexity index is 799. The van der Waals surface area contributed by atoms with E-state index < -0.39 is 0 Å². The molecule has 246 valence electrons. The predicted molar refractivity (Wildman–Crippen MR) is 174 cm³/mol.